The van der Waals surface area contributed by atoms with Crippen molar-refractivity contribution in [3.8, 4) is 0 Å². The van der Waals surface area contributed by atoms with Crippen LogP contribution in [0.1, 0.15) is 36.8 Å². The van der Waals surface area contributed by atoms with Crippen LogP contribution in [0.5, 0.6) is 0 Å². The van der Waals surface area contributed by atoms with E-state index in [2.05, 4.69) is 31.5 Å². The fraction of sp³-hybridized carbons (Fsp3) is 0.462. The molecule has 34 heavy (non-hydrogen) atoms. The molecule has 180 valence electrons. The molecule has 5 nitrogen and oxygen atoms in total. The highest BCUT2D eigenvalue weighted by Gasteiger charge is 2.53. The minimum absolute atomic E-state index is 0.118. The molecule has 0 spiro atoms. The number of hydrogen-bond acceptors (Lipinski definition) is 3. The van der Waals surface area contributed by atoms with Gasteiger partial charge in [-0.15, -0.1) is 0 Å². The number of halogens is 3. The number of nitrogens with zero attached hydrogens (tertiary/aromatic N) is 1. The van der Waals surface area contributed by atoms with Gasteiger partial charge in [0, 0.05) is 33.5 Å². The fourth-order valence-electron chi connectivity index (χ4n) is 5.40. The van der Waals surface area contributed by atoms with E-state index in [0.29, 0.717) is 35.2 Å². The summed E-state index contributed by atoms with van der Waals surface area (Å²) < 4.78 is 0.975. The zero-order chi connectivity index (χ0) is 23.9. The summed E-state index contributed by atoms with van der Waals surface area (Å²) in [5.74, 6) is 0.247. The molecule has 4 fully saturated rings. The van der Waals surface area contributed by atoms with E-state index in [1.807, 2.05) is 30.3 Å². The van der Waals surface area contributed by atoms with Gasteiger partial charge < -0.3 is 15.5 Å². The van der Waals surface area contributed by atoms with Crippen molar-refractivity contribution in [2.45, 2.75) is 49.6 Å². The lowest BCUT2D eigenvalue weighted by Crippen LogP contribution is -2.60. The van der Waals surface area contributed by atoms with Crippen LogP contribution in [-0.4, -0.2) is 48.4 Å². The lowest BCUT2D eigenvalue weighted by Gasteiger charge is -2.45. The van der Waals surface area contributed by atoms with E-state index in [4.69, 9.17) is 23.2 Å². The second-order valence-electron chi connectivity index (χ2n) is 9.82. The number of piperidine rings is 3. The summed E-state index contributed by atoms with van der Waals surface area (Å²) in [5.41, 5.74) is 1.07. The molecular formula is C26H28BrCl2N3O2. The summed E-state index contributed by atoms with van der Waals surface area (Å²) in [5, 5.41) is 7.38. The highest BCUT2D eigenvalue weighted by molar-refractivity contribution is 9.10. The summed E-state index contributed by atoms with van der Waals surface area (Å²) in [4.78, 5) is 29.4. The highest BCUT2D eigenvalue weighted by atomic mass is 79.9. The van der Waals surface area contributed by atoms with Crippen LogP contribution in [0.4, 0.5) is 0 Å². The molecule has 2 unspecified atom stereocenters. The smallest absolute Gasteiger partial charge is 0.243 e. The number of hydrogen-bond donors (Lipinski definition) is 2. The van der Waals surface area contributed by atoms with Crippen LogP contribution in [-0.2, 0) is 21.4 Å². The average Bonchev–Trinajstić information content (AvgIpc) is 3.62. The van der Waals surface area contributed by atoms with E-state index in [1.54, 1.807) is 12.1 Å². The molecule has 0 radical (unpaired) electrons. The third-order valence-electron chi connectivity index (χ3n) is 7.59. The van der Waals surface area contributed by atoms with Crippen molar-refractivity contribution in [2.75, 3.05) is 19.6 Å². The first-order valence-electron chi connectivity index (χ1n) is 11.9. The van der Waals surface area contributed by atoms with E-state index in [0.717, 1.165) is 48.1 Å². The Morgan fingerprint density at radius 1 is 1.09 bits per heavy atom. The fourth-order valence-corrected chi connectivity index (χ4v) is 6.25. The summed E-state index contributed by atoms with van der Waals surface area (Å²) in [7, 11) is 0. The minimum Gasteiger partial charge on any atom is -0.350 e. The molecule has 1 aliphatic carbocycles. The molecule has 2 N–H and O–H groups in total. The Kier molecular flexibility index (Phi) is 6.95. The largest absolute Gasteiger partial charge is 0.350 e. The standard InChI is InChI=1S/C26H28BrCl2N3O2/c27-18-3-1-16(2-4-18)13-22(24(33)30-23-15-32-11-7-17(23)8-12-32)31-25(34)26(9-10-26)20-6-5-19(28)14-21(20)29/h1-6,14,17,22-23H,7-13,15H2,(H,30,33)(H,31,34). The van der Waals surface area contributed by atoms with Crippen LogP contribution < -0.4 is 10.6 Å². The number of nitrogens with one attached hydrogen (secondary N) is 2. The van der Waals surface area contributed by atoms with Crippen molar-refractivity contribution in [3.63, 3.8) is 0 Å². The van der Waals surface area contributed by atoms with Gasteiger partial charge in [-0.3, -0.25) is 9.59 Å². The van der Waals surface area contributed by atoms with Crippen molar-refractivity contribution < 1.29 is 9.59 Å². The SMILES string of the molecule is O=C(NC1CN2CCC1CC2)C(Cc1ccc(Br)cc1)NC(=O)C1(c2ccc(Cl)cc2Cl)CC1. The maximum atomic E-state index is 13.5. The molecule has 0 aromatic heterocycles. The predicted octanol–water partition coefficient (Wildman–Crippen LogP) is 4.73. The number of carbonyl (C=O) groups excluding carboxylic acids is 2. The maximum absolute atomic E-state index is 13.5. The molecule has 2 aromatic carbocycles. The minimum atomic E-state index is -0.699. The molecule has 3 aliphatic heterocycles. The molecular weight excluding hydrogens is 537 g/mol. The van der Waals surface area contributed by atoms with Gasteiger partial charge >= 0.3 is 0 Å². The Labute approximate surface area is 218 Å². The topological polar surface area (TPSA) is 61.4 Å². The molecule has 2 atom stereocenters. The van der Waals surface area contributed by atoms with Gasteiger partial charge in [0.25, 0.3) is 0 Å². The van der Waals surface area contributed by atoms with Gasteiger partial charge in [-0.2, -0.15) is 0 Å². The van der Waals surface area contributed by atoms with Crippen LogP contribution >= 0.6 is 39.1 Å². The molecule has 6 rings (SSSR count). The van der Waals surface area contributed by atoms with Gasteiger partial charge in [-0.25, -0.2) is 0 Å². The normalized spacial score (nSPS) is 25.4. The first-order valence-corrected chi connectivity index (χ1v) is 13.4. The van der Waals surface area contributed by atoms with Crippen molar-refractivity contribution in [1.82, 2.24) is 15.5 Å². The van der Waals surface area contributed by atoms with E-state index in [9.17, 15) is 9.59 Å². The Morgan fingerprint density at radius 3 is 2.38 bits per heavy atom. The highest BCUT2D eigenvalue weighted by Crippen LogP contribution is 2.51. The summed E-state index contributed by atoms with van der Waals surface area (Å²) in [6, 6.07) is 12.6. The number of rotatable bonds is 7. The Morgan fingerprint density at radius 2 is 1.79 bits per heavy atom. The first kappa shape index (κ1) is 24.1. The monoisotopic (exact) mass is 563 g/mol. The molecule has 2 aromatic rings. The van der Waals surface area contributed by atoms with Crippen molar-refractivity contribution in [3.05, 3.63) is 68.1 Å². The van der Waals surface area contributed by atoms with Crippen LogP contribution in [0.25, 0.3) is 0 Å². The van der Waals surface area contributed by atoms with E-state index >= 15 is 0 Å². The zero-order valence-electron chi connectivity index (χ0n) is 18.8. The predicted molar refractivity (Wildman–Crippen MR) is 138 cm³/mol. The van der Waals surface area contributed by atoms with Gasteiger partial charge in [-0.05, 0) is 80.1 Å². The summed E-state index contributed by atoms with van der Waals surface area (Å²) in [6.07, 6.45) is 4.06. The Bertz CT molecular complexity index is 1080. The Hall–Kier alpha value is -1.60. The third kappa shape index (κ3) is 5.01. The van der Waals surface area contributed by atoms with Crippen molar-refractivity contribution in [1.29, 1.82) is 0 Å². The molecule has 1 saturated carbocycles. The van der Waals surface area contributed by atoms with Crippen molar-refractivity contribution >= 4 is 50.9 Å². The molecule has 3 saturated heterocycles. The second kappa shape index (κ2) is 9.81. The number of carbonyl (C=O) groups is 2. The second-order valence-corrected chi connectivity index (χ2v) is 11.6. The number of amides is 2. The summed E-state index contributed by atoms with van der Waals surface area (Å²) >= 11 is 16.0. The maximum Gasteiger partial charge on any atom is 0.243 e. The van der Waals surface area contributed by atoms with Gasteiger partial charge in [0.15, 0.2) is 0 Å². The molecule has 2 amide bonds. The average molecular weight is 565 g/mol. The van der Waals surface area contributed by atoms with E-state index < -0.39 is 11.5 Å². The van der Waals surface area contributed by atoms with E-state index in [1.165, 1.54) is 0 Å². The van der Waals surface area contributed by atoms with Crippen LogP contribution in [0.3, 0.4) is 0 Å². The molecule has 8 heteroatoms. The van der Waals surface area contributed by atoms with Crippen LogP contribution in [0.15, 0.2) is 46.9 Å². The lowest BCUT2D eigenvalue weighted by atomic mass is 9.84. The zero-order valence-corrected chi connectivity index (χ0v) is 21.9. The molecule has 3 heterocycles. The van der Waals surface area contributed by atoms with E-state index in [-0.39, 0.29) is 17.9 Å². The van der Waals surface area contributed by atoms with Gasteiger partial charge in [0.1, 0.15) is 6.04 Å². The van der Waals surface area contributed by atoms with Crippen LogP contribution in [0, 0.1) is 5.92 Å². The quantitative estimate of drug-likeness (QED) is 0.511. The third-order valence-corrected chi connectivity index (χ3v) is 8.67. The lowest BCUT2D eigenvalue weighted by molar-refractivity contribution is -0.131. The first-order chi connectivity index (χ1) is 16.3. The van der Waals surface area contributed by atoms with Gasteiger partial charge in [-0.1, -0.05) is 57.3 Å². The Balaban J connectivity index is 1.35. The van der Waals surface area contributed by atoms with Gasteiger partial charge in [0.05, 0.1) is 5.41 Å². The summed E-state index contributed by atoms with van der Waals surface area (Å²) in [6.45, 7) is 3.11. The van der Waals surface area contributed by atoms with Crippen molar-refractivity contribution in [2.24, 2.45) is 5.92 Å². The molecule has 4 aliphatic rings. The number of benzene rings is 2. The van der Waals surface area contributed by atoms with Crippen LogP contribution in [0.2, 0.25) is 10.0 Å². The molecule has 2 bridgehead atoms. The number of fused-ring (bicyclic) bond motifs is 3. The van der Waals surface area contributed by atoms with Gasteiger partial charge in [0.2, 0.25) is 11.8 Å².